The highest BCUT2D eigenvalue weighted by Crippen LogP contribution is 2.25. The van der Waals surface area contributed by atoms with E-state index in [1.807, 2.05) is 19.2 Å². The molecule has 0 radical (unpaired) electrons. The molecule has 1 saturated heterocycles. The highest BCUT2D eigenvalue weighted by Gasteiger charge is 2.22. The van der Waals surface area contributed by atoms with E-state index in [0.29, 0.717) is 6.04 Å². The molecule has 1 aliphatic heterocycles. The van der Waals surface area contributed by atoms with Crippen molar-refractivity contribution in [3.63, 3.8) is 0 Å². The van der Waals surface area contributed by atoms with E-state index in [-0.39, 0.29) is 24.0 Å². The van der Waals surface area contributed by atoms with Gasteiger partial charge in [-0.2, -0.15) is 0 Å². The topological polar surface area (TPSA) is 79.6 Å². The summed E-state index contributed by atoms with van der Waals surface area (Å²) >= 11 is 0. The molecule has 2 N–H and O–H groups in total. The molecule has 0 spiro atoms. The molecule has 8 nitrogen and oxygen atoms in total. The second-order valence-electron chi connectivity index (χ2n) is 7.56. The van der Waals surface area contributed by atoms with Gasteiger partial charge in [0.1, 0.15) is 17.9 Å². The van der Waals surface area contributed by atoms with Crippen molar-refractivity contribution >= 4 is 29.9 Å². The van der Waals surface area contributed by atoms with Crippen molar-refractivity contribution in [1.82, 2.24) is 30.3 Å². The van der Waals surface area contributed by atoms with Crippen LogP contribution in [0.2, 0.25) is 0 Å². The van der Waals surface area contributed by atoms with Gasteiger partial charge in [-0.15, -0.1) is 34.2 Å². The Morgan fingerprint density at radius 1 is 1.16 bits per heavy atom. The van der Waals surface area contributed by atoms with Gasteiger partial charge in [0.05, 0.1) is 13.2 Å². The third kappa shape index (κ3) is 7.34. The summed E-state index contributed by atoms with van der Waals surface area (Å²) in [4.78, 5) is 6.98. The number of aryl methyl sites for hydroxylation is 1. The van der Waals surface area contributed by atoms with Crippen molar-refractivity contribution in [3.05, 3.63) is 42.0 Å². The molecular formula is C22H36IN7O. The first-order valence-corrected chi connectivity index (χ1v) is 10.9. The molecular weight excluding hydrogens is 505 g/mol. The van der Waals surface area contributed by atoms with Crippen LogP contribution in [0.1, 0.15) is 43.6 Å². The number of aliphatic imine (C=N–C) groups is 1. The molecule has 0 bridgehead atoms. The first kappa shape index (κ1) is 25.4. The zero-order valence-corrected chi connectivity index (χ0v) is 21.2. The Hall–Kier alpha value is -1.88. The fourth-order valence-electron chi connectivity index (χ4n) is 3.96. The summed E-state index contributed by atoms with van der Waals surface area (Å²) in [5.74, 6) is 2.71. The average molecular weight is 541 g/mol. The summed E-state index contributed by atoms with van der Waals surface area (Å²) in [5, 5.41) is 15.1. The molecule has 0 saturated carbocycles. The second-order valence-corrected chi connectivity index (χ2v) is 7.56. The molecule has 1 atom stereocenters. The zero-order chi connectivity index (χ0) is 21.2. The molecule has 172 valence electrons. The van der Waals surface area contributed by atoms with Crippen LogP contribution >= 0.6 is 24.0 Å². The van der Waals surface area contributed by atoms with E-state index in [4.69, 9.17) is 4.74 Å². The van der Waals surface area contributed by atoms with Gasteiger partial charge in [0, 0.05) is 33.1 Å². The number of aromatic nitrogens is 3. The summed E-state index contributed by atoms with van der Waals surface area (Å²) in [7, 11) is 3.52. The van der Waals surface area contributed by atoms with E-state index in [2.05, 4.69) is 54.3 Å². The number of hydrogen-bond donors (Lipinski definition) is 2. The minimum absolute atomic E-state index is 0. The number of piperidine rings is 1. The third-order valence-corrected chi connectivity index (χ3v) is 5.68. The molecule has 9 heteroatoms. The first-order chi connectivity index (χ1) is 14.7. The van der Waals surface area contributed by atoms with E-state index in [9.17, 15) is 0 Å². The van der Waals surface area contributed by atoms with Crippen molar-refractivity contribution in [2.24, 2.45) is 4.99 Å². The SMILES string of the molecule is CCc1nncn1CCNC(=NC)NCC(c1ccc(OC)cc1)N1CCCCC1.I. The highest BCUT2D eigenvalue weighted by atomic mass is 127. The Morgan fingerprint density at radius 2 is 1.90 bits per heavy atom. The third-order valence-electron chi connectivity index (χ3n) is 5.68. The molecule has 31 heavy (non-hydrogen) atoms. The van der Waals surface area contributed by atoms with Gasteiger partial charge in [-0.25, -0.2) is 0 Å². The maximum atomic E-state index is 5.33. The Balaban J connectivity index is 0.00000341. The van der Waals surface area contributed by atoms with E-state index in [0.717, 1.165) is 56.7 Å². The molecule has 2 aromatic rings. The van der Waals surface area contributed by atoms with Gasteiger partial charge in [0.2, 0.25) is 0 Å². The smallest absolute Gasteiger partial charge is 0.191 e. The lowest BCUT2D eigenvalue weighted by atomic mass is 10.0. The van der Waals surface area contributed by atoms with Crippen LogP contribution in [0.3, 0.4) is 0 Å². The quantitative estimate of drug-likeness (QED) is 0.289. The number of ether oxygens (including phenoxy) is 1. The minimum atomic E-state index is 0. The fourth-order valence-corrected chi connectivity index (χ4v) is 3.96. The van der Waals surface area contributed by atoms with Gasteiger partial charge in [-0.1, -0.05) is 25.5 Å². The van der Waals surface area contributed by atoms with Crippen LogP contribution in [0.4, 0.5) is 0 Å². The summed E-state index contributed by atoms with van der Waals surface area (Å²) in [6, 6.07) is 8.75. The van der Waals surface area contributed by atoms with E-state index in [1.165, 1.54) is 24.8 Å². The molecule has 0 aliphatic carbocycles. The number of benzene rings is 1. The van der Waals surface area contributed by atoms with Crippen LogP contribution in [0, 0.1) is 0 Å². The van der Waals surface area contributed by atoms with Gasteiger partial charge in [0.25, 0.3) is 0 Å². The molecule has 3 rings (SSSR count). The molecule has 1 fully saturated rings. The van der Waals surface area contributed by atoms with Gasteiger partial charge in [0.15, 0.2) is 5.96 Å². The van der Waals surface area contributed by atoms with Crippen molar-refractivity contribution in [1.29, 1.82) is 0 Å². The molecule has 1 aromatic carbocycles. The average Bonchev–Trinajstić information content (AvgIpc) is 3.26. The van der Waals surface area contributed by atoms with E-state index < -0.39 is 0 Å². The fraction of sp³-hybridized carbons (Fsp3) is 0.591. The number of likely N-dealkylation sites (tertiary alicyclic amines) is 1. The first-order valence-electron chi connectivity index (χ1n) is 10.9. The monoisotopic (exact) mass is 541 g/mol. The van der Waals surface area contributed by atoms with Crippen LogP contribution in [-0.2, 0) is 13.0 Å². The van der Waals surface area contributed by atoms with Crippen LogP contribution < -0.4 is 15.4 Å². The Morgan fingerprint density at radius 3 is 2.55 bits per heavy atom. The second kappa shape index (κ2) is 13.5. The van der Waals surface area contributed by atoms with Crippen LogP contribution in [0.25, 0.3) is 0 Å². The zero-order valence-electron chi connectivity index (χ0n) is 18.9. The normalized spacial score (nSPS) is 15.8. The maximum absolute atomic E-state index is 5.33. The number of nitrogens with zero attached hydrogens (tertiary/aromatic N) is 5. The predicted octanol–water partition coefficient (Wildman–Crippen LogP) is 2.86. The van der Waals surface area contributed by atoms with Crippen molar-refractivity contribution in [3.8, 4) is 5.75 Å². The summed E-state index contributed by atoms with van der Waals surface area (Å²) in [5.41, 5.74) is 1.30. The standard InChI is InChI=1S/C22H35N7O.HI/c1-4-21-27-26-17-29(21)15-12-24-22(23-2)25-16-20(28-13-6-5-7-14-28)18-8-10-19(30-3)11-9-18;/h8-11,17,20H,4-7,12-16H2,1-3H3,(H2,23,24,25);1H. The molecule has 1 aliphatic rings. The lowest BCUT2D eigenvalue weighted by Crippen LogP contribution is -2.45. The number of nitrogens with one attached hydrogen (secondary N) is 2. The molecule has 1 unspecified atom stereocenters. The number of hydrogen-bond acceptors (Lipinski definition) is 5. The van der Waals surface area contributed by atoms with Gasteiger partial charge < -0.3 is 19.9 Å². The van der Waals surface area contributed by atoms with Crippen LogP contribution in [0.5, 0.6) is 5.75 Å². The minimum Gasteiger partial charge on any atom is -0.497 e. The summed E-state index contributed by atoms with van der Waals surface area (Å²) in [6.07, 6.45) is 6.52. The lowest BCUT2D eigenvalue weighted by molar-refractivity contribution is 0.164. The maximum Gasteiger partial charge on any atom is 0.191 e. The Kier molecular flexibility index (Phi) is 11.1. The molecule has 1 aromatic heterocycles. The van der Waals surface area contributed by atoms with E-state index in [1.54, 1.807) is 13.4 Å². The summed E-state index contributed by atoms with van der Waals surface area (Å²) < 4.78 is 7.41. The lowest BCUT2D eigenvalue weighted by Gasteiger charge is -2.35. The molecule has 0 amide bonds. The highest BCUT2D eigenvalue weighted by molar-refractivity contribution is 14.0. The molecule has 2 heterocycles. The van der Waals surface area contributed by atoms with Crippen molar-refractivity contribution in [2.45, 2.75) is 45.2 Å². The van der Waals surface area contributed by atoms with Gasteiger partial charge in [-0.05, 0) is 43.6 Å². The number of guanidine groups is 1. The van der Waals surface area contributed by atoms with Gasteiger partial charge >= 0.3 is 0 Å². The number of methoxy groups -OCH3 is 1. The summed E-state index contributed by atoms with van der Waals surface area (Å²) in [6.45, 7) is 6.75. The number of halogens is 1. The Bertz CT molecular complexity index is 787. The van der Waals surface area contributed by atoms with Crippen molar-refractivity contribution in [2.75, 3.05) is 40.3 Å². The van der Waals surface area contributed by atoms with Crippen molar-refractivity contribution < 1.29 is 4.74 Å². The van der Waals surface area contributed by atoms with Crippen LogP contribution in [0.15, 0.2) is 35.6 Å². The van der Waals surface area contributed by atoms with Gasteiger partial charge in [-0.3, -0.25) is 9.89 Å². The largest absolute Gasteiger partial charge is 0.497 e. The predicted molar refractivity (Wildman–Crippen MR) is 135 cm³/mol. The van der Waals surface area contributed by atoms with E-state index >= 15 is 0 Å². The number of rotatable bonds is 9. The van der Waals surface area contributed by atoms with Crippen LogP contribution in [-0.4, -0.2) is 66.0 Å². The Labute approximate surface area is 202 Å².